The van der Waals surface area contributed by atoms with Crippen LogP contribution in [-0.2, 0) is 4.74 Å². The summed E-state index contributed by atoms with van der Waals surface area (Å²) < 4.78 is 5.45. The highest BCUT2D eigenvalue weighted by molar-refractivity contribution is 5.93. The van der Waals surface area contributed by atoms with Crippen molar-refractivity contribution < 1.29 is 14.5 Å². The molecular formula is C16H16N4O4. The third-order valence-corrected chi connectivity index (χ3v) is 3.74. The molecule has 0 spiro atoms. The second-order valence-corrected chi connectivity index (χ2v) is 5.45. The maximum absolute atomic E-state index is 12.1. The van der Waals surface area contributed by atoms with Crippen LogP contribution in [-0.4, -0.2) is 40.1 Å². The van der Waals surface area contributed by atoms with Crippen LogP contribution >= 0.6 is 0 Å². The second kappa shape index (κ2) is 7.14. The number of rotatable bonds is 5. The fourth-order valence-corrected chi connectivity index (χ4v) is 2.47. The third-order valence-electron chi connectivity index (χ3n) is 3.74. The van der Waals surface area contributed by atoms with Crippen LogP contribution in [0.5, 0.6) is 0 Å². The van der Waals surface area contributed by atoms with Crippen molar-refractivity contribution in [1.82, 2.24) is 15.3 Å². The van der Waals surface area contributed by atoms with Gasteiger partial charge in [-0.05, 0) is 12.8 Å². The van der Waals surface area contributed by atoms with E-state index in [-0.39, 0.29) is 17.7 Å². The van der Waals surface area contributed by atoms with Crippen LogP contribution in [0.1, 0.15) is 23.2 Å². The Morgan fingerprint density at radius 1 is 1.38 bits per heavy atom. The molecule has 8 nitrogen and oxygen atoms in total. The highest BCUT2D eigenvalue weighted by Gasteiger charge is 2.17. The third kappa shape index (κ3) is 3.72. The number of nitro groups is 1. The van der Waals surface area contributed by atoms with Crippen molar-refractivity contribution >= 4 is 11.6 Å². The quantitative estimate of drug-likeness (QED) is 0.664. The van der Waals surface area contributed by atoms with Gasteiger partial charge in [0, 0.05) is 43.2 Å². The largest absolute Gasteiger partial charge is 0.376 e. The van der Waals surface area contributed by atoms with Crippen LogP contribution in [0.25, 0.3) is 11.4 Å². The van der Waals surface area contributed by atoms with E-state index >= 15 is 0 Å². The first-order chi connectivity index (χ1) is 11.6. The molecule has 0 unspecified atom stereocenters. The summed E-state index contributed by atoms with van der Waals surface area (Å²) >= 11 is 0. The van der Waals surface area contributed by atoms with Crippen LogP contribution in [0.3, 0.4) is 0 Å². The van der Waals surface area contributed by atoms with E-state index in [1.54, 1.807) is 12.1 Å². The standard InChI is InChI=1S/C16H16N4O4/c21-16(19-10-14-5-2-6-24-14)12-8-17-15(18-9-12)11-3-1-4-13(7-11)20(22)23/h1,3-4,7-9,14H,2,5-6,10H2,(H,19,21)/t14-/m1/s1. The fourth-order valence-electron chi connectivity index (χ4n) is 2.47. The Kier molecular flexibility index (Phi) is 4.76. The summed E-state index contributed by atoms with van der Waals surface area (Å²) in [6.45, 7) is 1.20. The summed E-state index contributed by atoms with van der Waals surface area (Å²) in [5.41, 5.74) is 0.826. The van der Waals surface area contributed by atoms with E-state index < -0.39 is 4.92 Å². The Hall–Kier alpha value is -2.87. The molecule has 0 radical (unpaired) electrons. The molecule has 1 saturated heterocycles. The van der Waals surface area contributed by atoms with Gasteiger partial charge < -0.3 is 10.1 Å². The number of aromatic nitrogens is 2. The Bertz CT molecular complexity index is 742. The molecule has 1 aliphatic rings. The van der Waals surface area contributed by atoms with E-state index in [1.807, 2.05) is 0 Å². The molecule has 1 aromatic heterocycles. The van der Waals surface area contributed by atoms with Crippen molar-refractivity contribution in [1.29, 1.82) is 0 Å². The molecule has 1 aliphatic heterocycles. The van der Waals surface area contributed by atoms with Gasteiger partial charge in [-0.3, -0.25) is 14.9 Å². The van der Waals surface area contributed by atoms with Crippen molar-refractivity contribution in [3.63, 3.8) is 0 Å². The molecule has 3 rings (SSSR count). The number of non-ortho nitro benzene ring substituents is 1. The van der Waals surface area contributed by atoms with Crippen molar-refractivity contribution in [2.45, 2.75) is 18.9 Å². The Labute approximate surface area is 138 Å². The molecule has 0 aliphatic carbocycles. The van der Waals surface area contributed by atoms with E-state index in [1.165, 1.54) is 24.5 Å². The van der Waals surface area contributed by atoms with Crippen molar-refractivity contribution in [2.75, 3.05) is 13.2 Å². The van der Waals surface area contributed by atoms with Crippen LogP contribution in [0.2, 0.25) is 0 Å². The predicted molar refractivity (Wildman–Crippen MR) is 85.4 cm³/mol. The number of amides is 1. The second-order valence-electron chi connectivity index (χ2n) is 5.45. The molecule has 24 heavy (non-hydrogen) atoms. The number of nitrogens with zero attached hydrogens (tertiary/aromatic N) is 3. The highest BCUT2D eigenvalue weighted by Crippen LogP contribution is 2.20. The lowest BCUT2D eigenvalue weighted by atomic mass is 10.2. The highest BCUT2D eigenvalue weighted by atomic mass is 16.6. The van der Waals surface area contributed by atoms with Gasteiger partial charge in [-0.25, -0.2) is 9.97 Å². The zero-order valence-corrected chi connectivity index (χ0v) is 12.8. The molecule has 8 heteroatoms. The number of nitro benzene ring substituents is 1. The topological polar surface area (TPSA) is 107 Å². The molecule has 0 bridgehead atoms. The zero-order valence-electron chi connectivity index (χ0n) is 12.8. The van der Waals surface area contributed by atoms with E-state index in [0.29, 0.717) is 23.5 Å². The number of benzene rings is 1. The minimum atomic E-state index is -0.476. The minimum Gasteiger partial charge on any atom is -0.376 e. The number of carbonyl (C=O) groups excluding carboxylic acids is 1. The number of carbonyl (C=O) groups is 1. The number of hydrogen-bond donors (Lipinski definition) is 1. The van der Waals surface area contributed by atoms with Crippen molar-refractivity contribution in [3.8, 4) is 11.4 Å². The van der Waals surface area contributed by atoms with Gasteiger partial charge in [-0.15, -0.1) is 0 Å². The first kappa shape index (κ1) is 16.0. The predicted octanol–water partition coefficient (Wildman–Crippen LogP) is 1.96. The zero-order chi connectivity index (χ0) is 16.9. The minimum absolute atomic E-state index is 0.0329. The molecular weight excluding hydrogens is 312 g/mol. The van der Waals surface area contributed by atoms with Gasteiger partial charge in [0.1, 0.15) is 0 Å². The Balaban J connectivity index is 1.67. The summed E-state index contributed by atoms with van der Waals surface area (Å²) in [6, 6.07) is 6.04. The van der Waals surface area contributed by atoms with Crippen molar-refractivity contribution in [2.24, 2.45) is 0 Å². The molecule has 1 atom stereocenters. The maximum Gasteiger partial charge on any atom is 0.270 e. The van der Waals surface area contributed by atoms with Gasteiger partial charge in [0.05, 0.1) is 16.6 Å². The molecule has 1 amide bonds. The number of hydrogen-bond acceptors (Lipinski definition) is 6. The van der Waals surface area contributed by atoms with E-state index in [9.17, 15) is 14.9 Å². The van der Waals surface area contributed by atoms with Gasteiger partial charge >= 0.3 is 0 Å². The normalized spacial score (nSPS) is 16.8. The maximum atomic E-state index is 12.1. The summed E-state index contributed by atoms with van der Waals surface area (Å²) in [4.78, 5) is 30.6. The van der Waals surface area contributed by atoms with Gasteiger partial charge in [0.25, 0.3) is 11.6 Å². The van der Waals surface area contributed by atoms with Gasteiger partial charge in [-0.1, -0.05) is 12.1 Å². The smallest absolute Gasteiger partial charge is 0.270 e. The van der Waals surface area contributed by atoms with Gasteiger partial charge in [0.2, 0.25) is 0 Å². The Morgan fingerprint density at radius 3 is 2.83 bits per heavy atom. The molecule has 2 aromatic rings. The van der Waals surface area contributed by atoms with Gasteiger partial charge in [-0.2, -0.15) is 0 Å². The summed E-state index contributed by atoms with van der Waals surface area (Å²) in [6.07, 6.45) is 4.85. The molecule has 124 valence electrons. The van der Waals surface area contributed by atoms with Crippen LogP contribution in [0.4, 0.5) is 5.69 Å². The summed E-state index contributed by atoms with van der Waals surface area (Å²) in [5, 5.41) is 13.6. The lowest BCUT2D eigenvalue weighted by molar-refractivity contribution is -0.384. The van der Waals surface area contributed by atoms with Crippen LogP contribution < -0.4 is 5.32 Å². The molecule has 1 aromatic carbocycles. The SMILES string of the molecule is O=C(NC[C@H]1CCCO1)c1cnc(-c2cccc([N+](=O)[O-])c2)nc1. The molecule has 2 heterocycles. The lowest BCUT2D eigenvalue weighted by Gasteiger charge is -2.10. The first-order valence-corrected chi connectivity index (χ1v) is 7.60. The Morgan fingerprint density at radius 2 is 2.17 bits per heavy atom. The van der Waals surface area contributed by atoms with E-state index in [4.69, 9.17) is 4.74 Å². The number of ether oxygens (including phenoxy) is 1. The van der Waals surface area contributed by atoms with E-state index in [2.05, 4.69) is 15.3 Å². The fraction of sp³-hybridized carbons (Fsp3) is 0.312. The van der Waals surface area contributed by atoms with Gasteiger partial charge in [0.15, 0.2) is 5.82 Å². The molecule has 0 saturated carbocycles. The van der Waals surface area contributed by atoms with Crippen LogP contribution in [0.15, 0.2) is 36.7 Å². The average Bonchev–Trinajstić information content (AvgIpc) is 3.13. The van der Waals surface area contributed by atoms with E-state index in [0.717, 1.165) is 19.4 Å². The van der Waals surface area contributed by atoms with Crippen LogP contribution in [0, 0.1) is 10.1 Å². The summed E-state index contributed by atoms with van der Waals surface area (Å²) in [5.74, 6) is 0.0606. The summed E-state index contributed by atoms with van der Waals surface area (Å²) in [7, 11) is 0. The number of nitrogens with one attached hydrogen (secondary N) is 1. The molecule has 1 N–H and O–H groups in total. The van der Waals surface area contributed by atoms with Crippen molar-refractivity contribution in [3.05, 3.63) is 52.3 Å². The monoisotopic (exact) mass is 328 g/mol. The lowest BCUT2D eigenvalue weighted by Crippen LogP contribution is -2.31. The molecule has 1 fully saturated rings. The first-order valence-electron chi connectivity index (χ1n) is 7.60. The average molecular weight is 328 g/mol.